The van der Waals surface area contributed by atoms with Gasteiger partial charge in [0.2, 0.25) is 0 Å². The van der Waals surface area contributed by atoms with Gasteiger partial charge < -0.3 is 0 Å². The predicted molar refractivity (Wildman–Crippen MR) is 60.3 cm³/mol. The highest BCUT2D eigenvalue weighted by Gasteiger charge is 2.50. The normalized spacial score (nSPS) is 24.9. The molecular formula is C13H18N2. The molecule has 0 amide bonds. The molecule has 2 heterocycles. The molecule has 1 aromatic heterocycles. The van der Waals surface area contributed by atoms with Gasteiger partial charge >= 0.3 is 0 Å². The molecule has 0 radical (unpaired) electrons. The molecule has 0 aromatic carbocycles. The largest absolute Gasteiger partial charge is 0.296 e. The van der Waals surface area contributed by atoms with E-state index in [9.17, 15) is 0 Å². The molecule has 2 aliphatic rings. The van der Waals surface area contributed by atoms with E-state index >= 15 is 0 Å². The van der Waals surface area contributed by atoms with Crippen LogP contribution < -0.4 is 0 Å². The molecular weight excluding hydrogens is 184 g/mol. The van der Waals surface area contributed by atoms with Crippen LogP contribution in [-0.4, -0.2) is 23.0 Å². The number of rotatable bonds is 2. The van der Waals surface area contributed by atoms with Crippen LogP contribution in [0.3, 0.4) is 0 Å². The van der Waals surface area contributed by atoms with Crippen LogP contribution in [0.5, 0.6) is 0 Å². The van der Waals surface area contributed by atoms with Gasteiger partial charge in [-0.05, 0) is 36.3 Å². The summed E-state index contributed by atoms with van der Waals surface area (Å²) in [6, 6.07) is 6.17. The lowest BCUT2D eigenvalue weighted by Crippen LogP contribution is -2.61. The predicted octanol–water partition coefficient (Wildman–Crippen LogP) is 2.31. The molecule has 1 aliphatic carbocycles. The first-order valence-corrected chi connectivity index (χ1v) is 5.88. The minimum Gasteiger partial charge on any atom is -0.296 e. The third kappa shape index (κ3) is 1.67. The lowest BCUT2D eigenvalue weighted by Gasteiger charge is -2.58. The third-order valence-electron chi connectivity index (χ3n) is 3.79. The molecule has 3 rings (SSSR count). The van der Waals surface area contributed by atoms with Gasteiger partial charge in [0.25, 0.3) is 0 Å². The number of likely N-dealkylation sites (tertiary alicyclic amines) is 1. The highest BCUT2D eigenvalue weighted by Crippen LogP contribution is 2.51. The molecule has 15 heavy (non-hydrogen) atoms. The van der Waals surface area contributed by atoms with Crippen LogP contribution >= 0.6 is 0 Å². The van der Waals surface area contributed by atoms with Crippen molar-refractivity contribution in [1.82, 2.24) is 9.88 Å². The van der Waals surface area contributed by atoms with Crippen molar-refractivity contribution >= 4 is 0 Å². The van der Waals surface area contributed by atoms with E-state index in [0.717, 1.165) is 12.5 Å². The van der Waals surface area contributed by atoms with E-state index in [0.29, 0.717) is 5.41 Å². The van der Waals surface area contributed by atoms with Crippen molar-refractivity contribution in [2.45, 2.75) is 26.3 Å². The summed E-state index contributed by atoms with van der Waals surface area (Å²) < 4.78 is 0. The zero-order chi connectivity index (χ0) is 10.3. The van der Waals surface area contributed by atoms with Crippen molar-refractivity contribution < 1.29 is 0 Å². The second kappa shape index (κ2) is 3.31. The summed E-state index contributed by atoms with van der Waals surface area (Å²) >= 11 is 0. The lowest BCUT2D eigenvalue weighted by molar-refractivity contribution is -0.0936. The molecule has 1 saturated carbocycles. The van der Waals surface area contributed by atoms with Gasteiger partial charge in [-0.15, -0.1) is 0 Å². The number of pyridine rings is 1. The van der Waals surface area contributed by atoms with Crippen molar-refractivity contribution in [3.05, 3.63) is 30.1 Å². The maximum atomic E-state index is 4.37. The molecule has 0 bridgehead atoms. The minimum atomic E-state index is 0.716. The third-order valence-corrected chi connectivity index (χ3v) is 3.79. The van der Waals surface area contributed by atoms with Crippen LogP contribution in [-0.2, 0) is 6.54 Å². The monoisotopic (exact) mass is 202 g/mol. The number of aromatic nitrogens is 1. The summed E-state index contributed by atoms with van der Waals surface area (Å²) in [5.74, 6) is 0.974. The van der Waals surface area contributed by atoms with Crippen LogP contribution in [0.15, 0.2) is 24.4 Å². The van der Waals surface area contributed by atoms with Crippen molar-refractivity contribution in [2.75, 3.05) is 13.1 Å². The zero-order valence-corrected chi connectivity index (χ0v) is 9.32. The Morgan fingerprint density at radius 1 is 1.40 bits per heavy atom. The second-order valence-electron chi connectivity index (χ2n) is 5.48. The lowest BCUT2D eigenvalue weighted by atomic mass is 9.58. The molecule has 1 spiro atoms. The quantitative estimate of drug-likeness (QED) is 0.731. The highest BCUT2D eigenvalue weighted by atomic mass is 15.2. The van der Waals surface area contributed by atoms with Gasteiger partial charge in [-0.25, -0.2) is 0 Å². The van der Waals surface area contributed by atoms with E-state index < -0.39 is 0 Å². The number of nitrogens with zero attached hydrogens (tertiary/aromatic N) is 2. The summed E-state index contributed by atoms with van der Waals surface area (Å²) in [6.07, 6.45) is 4.79. The van der Waals surface area contributed by atoms with E-state index in [1.54, 1.807) is 0 Å². The summed E-state index contributed by atoms with van der Waals surface area (Å²) in [7, 11) is 0. The molecule has 1 aromatic rings. The molecule has 2 heteroatoms. The van der Waals surface area contributed by atoms with Gasteiger partial charge in [-0.2, -0.15) is 0 Å². The van der Waals surface area contributed by atoms with Crippen LogP contribution in [0.1, 0.15) is 25.5 Å². The van der Waals surface area contributed by atoms with Gasteiger partial charge in [0.05, 0.1) is 5.69 Å². The first-order valence-electron chi connectivity index (χ1n) is 5.88. The molecule has 2 nitrogen and oxygen atoms in total. The molecule has 1 aliphatic heterocycles. The van der Waals surface area contributed by atoms with Crippen LogP contribution in [0.2, 0.25) is 0 Å². The summed E-state index contributed by atoms with van der Waals surface area (Å²) in [4.78, 5) is 6.89. The molecule has 0 atom stereocenters. The smallest absolute Gasteiger partial charge is 0.0543 e. The van der Waals surface area contributed by atoms with Gasteiger partial charge in [-0.3, -0.25) is 9.88 Å². The van der Waals surface area contributed by atoms with Crippen LogP contribution in [0.4, 0.5) is 0 Å². The summed E-state index contributed by atoms with van der Waals surface area (Å²) in [6.45, 7) is 6.01. The minimum absolute atomic E-state index is 0.716. The molecule has 0 N–H and O–H groups in total. The Kier molecular flexibility index (Phi) is 2.06. The Labute approximate surface area is 91.3 Å². The van der Waals surface area contributed by atoms with Gasteiger partial charge in [0.15, 0.2) is 0 Å². The maximum absolute atomic E-state index is 4.37. The maximum Gasteiger partial charge on any atom is 0.0543 e. The van der Waals surface area contributed by atoms with E-state index in [1.165, 1.54) is 31.6 Å². The van der Waals surface area contributed by atoms with Crippen LogP contribution in [0, 0.1) is 11.3 Å². The Morgan fingerprint density at radius 3 is 2.80 bits per heavy atom. The molecule has 2 fully saturated rings. The van der Waals surface area contributed by atoms with Crippen molar-refractivity contribution in [1.29, 1.82) is 0 Å². The van der Waals surface area contributed by atoms with Crippen molar-refractivity contribution in [3.63, 3.8) is 0 Å². The fourth-order valence-electron chi connectivity index (χ4n) is 3.41. The van der Waals surface area contributed by atoms with E-state index in [1.807, 2.05) is 12.3 Å². The average Bonchev–Trinajstić information content (AvgIpc) is 2.14. The van der Waals surface area contributed by atoms with E-state index in [4.69, 9.17) is 0 Å². The standard InChI is InChI=1S/C13H18N2/c1-11-6-13(7-11)9-15(10-13)8-12-4-2-3-5-14-12/h2-5,11H,6-10H2,1H3. The first kappa shape index (κ1) is 9.34. The molecule has 1 saturated heterocycles. The Balaban J connectivity index is 1.52. The highest BCUT2D eigenvalue weighted by molar-refractivity contribution is 5.08. The van der Waals surface area contributed by atoms with Crippen molar-refractivity contribution in [3.8, 4) is 0 Å². The fraction of sp³-hybridized carbons (Fsp3) is 0.615. The summed E-state index contributed by atoms with van der Waals surface area (Å²) in [5.41, 5.74) is 1.92. The number of hydrogen-bond donors (Lipinski definition) is 0. The van der Waals surface area contributed by atoms with Gasteiger partial charge in [0, 0.05) is 25.8 Å². The topological polar surface area (TPSA) is 16.1 Å². The SMILES string of the molecule is CC1CC2(C1)CN(Cc1ccccn1)C2. The van der Waals surface area contributed by atoms with Gasteiger partial charge in [0.1, 0.15) is 0 Å². The second-order valence-corrected chi connectivity index (χ2v) is 5.48. The first-order chi connectivity index (χ1) is 7.26. The van der Waals surface area contributed by atoms with E-state index in [2.05, 4.69) is 28.9 Å². The average molecular weight is 202 g/mol. The van der Waals surface area contributed by atoms with Crippen LogP contribution in [0.25, 0.3) is 0 Å². The Hall–Kier alpha value is -0.890. The van der Waals surface area contributed by atoms with Crippen molar-refractivity contribution in [2.24, 2.45) is 11.3 Å². The zero-order valence-electron chi connectivity index (χ0n) is 9.32. The number of hydrogen-bond acceptors (Lipinski definition) is 2. The fourth-order valence-corrected chi connectivity index (χ4v) is 3.41. The Morgan fingerprint density at radius 2 is 2.20 bits per heavy atom. The molecule has 0 unspecified atom stereocenters. The molecule has 80 valence electrons. The van der Waals surface area contributed by atoms with Gasteiger partial charge in [-0.1, -0.05) is 13.0 Å². The Bertz CT molecular complexity index is 333. The summed E-state index contributed by atoms with van der Waals surface area (Å²) in [5, 5.41) is 0. The van der Waals surface area contributed by atoms with E-state index in [-0.39, 0.29) is 0 Å².